The van der Waals surface area contributed by atoms with Crippen LogP contribution in [-0.4, -0.2) is 16.3 Å². The highest BCUT2D eigenvalue weighted by Gasteiger charge is 2.32. The molecular formula is C20H22N2O2. The van der Waals surface area contributed by atoms with Crippen LogP contribution in [0.5, 0.6) is 0 Å². The maximum absolute atomic E-state index is 12.3. The van der Waals surface area contributed by atoms with Gasteiger partial charge in [-0.2, -0.15) is 0 Å². The van der Waals surface area contributed by atoms with E-state index in [-0.39, 0.29) is 17.8 Å². The van der Waals surface area contributed by atoms with Crippen LogP contribution in [0.3, 0.4) is 0 Å². The van der Waals surface area contributed by atoms with Crippen LogP contribution in [0.2, 0.25) is 0 Å². The third-order valence-corrected chi connectivity index (χ3v) is 4.88. The molecule has 1 aromatic heterocycles. The van der Waals surface area contributed by atoms with Gasteiger partial charge >= 0.3 is 0 Å². The second-order valence-corrected chi connectivity index (χ2v) is 6.56. The number of fused-ring (bicyclic) bond motifs is 2. The fourth-order valence-electron chi connectivity index (χ4n) is 3.60. The van der Waals surface area contributed by atoms with Gasteiger partial charge < -0.3 is 9.84 Å². The summed E-state index contributed by atoms with van der Waals surface area (Å²) in [7, 11) is 0. The molecule has 0 spiro atoms. The molecule has 4 nitrogen and oxygen atoms in total. The van der Waals surface area contributed by atoms with Gasteiger partial charge in [0.2, 0.25) is 0 Å². The topological polar surface area (TPSA) is 57.9 Å². The molecule has 0 saturated heterocycles. The van der Waals surface area contributed by atoms with Crippen LogP contribution < -0.4 is 5.56 Å². The van der Waals surface area contributed by atoms with Gasteiger partial charge in [-0.3, -0.25) is 9.89 Å². The minimum Gasteiger partial charge on any atom is -0.365 e. The van der Waals surface area contributed by atoms with Crippen LogP contribution in [-0.2, 0) is 11.2 Å². The van der Waals surface area contributed by atoms with E-state index < -0.39 is 0 Å². The lowest BCUT2D eigenvalue weighted by atomic mass is 9.93. The molecule has 124 valence electrons. The molecule has 0 aliphatic carbocycles. The molecule has 0 radical (unpaired) electrons. The lowest BCUT2D eigenvalue weighted by Crippen LogP contribution is -2.29. The van der Waals surface area contributed by atoms with E-state index in [1.165, 1.54) is 10.8 Å². The number of unbranched alkanes of at least 4 members (excludes halogenated alkanes) is 1. The molecule has 0 unspecified atom stereocenters. The summed E-state index contributed by atoms with van der Waals surface area (Å²) >= 11 is 0. The van der Waals surface area contributed by atoms with Crippen molar-refractivity contribution in [3.8, 4) is 0 Å². The summed E-state index contributed by atoms with van der Waals surface area (Å²) in [6.07, 6.45) is 3.94. The van der Waals surface area contributed by atoms with Crippen molar-refractivity contribution in [1.29, 1.82) is 0 Å². The van der Waals surface area contributed by atoms with Gasteiger partial charge in [0.15, 0.2) is 0 Å². The molecule has 0 fully saturated rings. The number of nitrogens with one attached hydrogen (secondary N) is 2. The van der Waals surface area contributed by atoms with Crippen molar-refractivity contribution in [2.45, 2.75) is 44.8 Å². The van der Waals surface area contributed by atoms with Crippen molar-refractivity contribution in [2.24, 2.45) is 0 Å². The van der Waals surface area contributed by atoms with Crippen molar-refractivity contribution < 1.29 is 4.74 Å². The molecule has 0 saturated carbocycles. The van der Waals surface area contributed by atoms with Crippen molar-refractivity contribution in [3.63, 3.8) is 0 Å². The Bertz CT molecular complexity index is 909. The SMILES string of the molecule is CCCC[C@@H]1Cc2[nH][nH]c(=O)c2[C@H](c2ccc3ccccc3c2)O1. The Labute approximate surface area is 140 Å². The zero-order valence-corrected chi connectivity index (χ0v) is 13.8. The molecule has 1 aliphatic rings. The average Bonchev–Trinajstić information content (AvgIpc) is 3.00. The van der Waals surface area contributed by atoms with E-state index in [0.29, 0.717) is 0 Å². The summed E-state index contributed by atoms with van der Waals surface area (Å²) in [6, 6.07) is 14.6. The summed E-state index contributed by atoms with van der Waals surface area (Å²) < 4.78 is 6.35. The molecule has 2 heterocycles. The van der Waals surface area contributed by atoms with Gasteiger partial charge in [-0.1, -0.05) is 56.2 Å². The number of benzene rings is 2. The second-order valence-electron chi connectivity index (χ2n) is 6.56. The predicted molar refractivity (Wildman–Crippen MR) is 95.3 cm³/mol. The first-order chi connectivity index (χ1) is 11.8. The van der Waals surface area contributed by atoms with Crippen LogP contribution in [0.25, 0.3) is 10.8 Å². The van der Waals surface area contributed by atoms with E-state index in [1.54, 1.807) is 0 Å². The maximum Gasteiger partial charge on any atom is 0.270 e. The van der Waals surface area contributed by atoms with E-state index >= 15 is 0 Å². The largest absolute Gasteiger partial charge is 0.365 e. The lowest BCUT2D eigenvalue weighted by molar-refractivity contribution is -0.0103. The molecule has 2 N–H and O–H groups in total. The van der Waals surface area contributed by atoms with Gasteiger partial charge in [-0.05, 0) is 28.8 Å². The molecular weight excluding hydrogens is 300 g/mol. The Morgan fingerprint density at radius 1 is 1.12 bits per heavy atom. The quantitative estimate of drug-likeness (QED) is 0.760. The molecule has 3 aromatic rings. The third kappa shape index (κ3) is 2.67. The summed E-state index contributed by atoms with van der Waals surface area (Å²) in [5.74, 6) is 0. The van der Waals surface area contributed by atoms with Crippen molar-refractivity contribution >= 4 is 10.8 Å². The monoisotopic (exact) mass is 322 g/mol. The van der Waals surface area contributed by atoms with Crippen molar-refractivity contribution in [2.75, 3.05) is 0 Å². The first-order valence-electron chi connectivity index (χ1n) is 8.70. The maximum atomic E-state index is 12.3. The Morgan fingerprint density at radius 3 is 2.79 bits per heavy atom. The minimum absolute atomic E-state index is 0.0721. The molecule has 4 rings (SSSR count). The highest BCUT2D eigenvalue weighted by molar-refractivity contribution is 5.83. The van der Waals surface area contributed by atoms with Gasteiger partial charge in [-0.25, -0.2) is 0 Å². The molecule has 24 heavy (non-hydrogen) atoms. The van der Waals surface area contributed by atoms with E-state index in [9.17, 15) is 4.79 Å². The smallest absolute Gasteiger partial charge is 0.270 e. The molecule has 0 amide bonds. The first-order valence-corrected chi connectivity index (χ1v) is 8.70. The number of hydrogen-bond acceptors (Lipinski definition) is 2. The number of hydrogen-bond donors (Lipinski definition) is 2. The highest BCUT2D eigenvalue weighted by atomic mass is 16.5. The Hall–Kier alpha value is -2.33. The Balaban J connectivity index is 1.76. The summed E-state index contributed by atoms with van der Waals surface area (Å²) in [5, 5.41) is 8.15. The van der Waals surface area contributed by atoms with Crippen LogP contribution in [0.1, 0.15) is 49.1 Å². The molecule has 2 aromatic carbocycles. The fraction of sp³-hybridized carbons (Fsp3) is 0.350. The number of aromatic amines is 2. The van der Waals surface area contributed by atoms with Gasteiger partial charge in [0.1, 0.15) is 6.10 Å². The Kier molecular flexibility index (Phi) is 3.98. The van der Waals surface area contributed by atoms with E-state index in [0.717, 1.165) is 42.5 Å². The first kappa shape index (κ1) is 15.2. The third-order valence-electron chi connectivity index (χ3n) is 4.88. The van der Waals surface area contributed by atoms with E-state index in [4.69, 9.17) is 4.74 Å². The lowest BCUT2D eigenvalue weighted by Gasteiger charge is -2.30. The molecule has 0 bridgehead atoms. The van der Waals surface area contributed by atoms with Gasteiger partial charge in [-0.15, -0.1) is 0 Å². The van der Waals surface area contributed by atoms with Crippen LogP contribution in [0.15, 0.2) is 47.3 Å². The standard InChI is InChI=1S/C20H22N2O2/c1-2-3-8-16-12-17-18(20(23)22-21-17)19(24-16)15-10-9-13-6-4-5-7-14(13)11-15/h4-7,9-11,16,19H,2-3,8,12H2,1H3,(H2,21,22,23)/t16-,19+/m1/s1. The summed E-state index contributed by atoms with van der Waals surface area (Å²) in [5.41, 5.74) is 2.70. The summed E-state index contributed by atoms with van der Waals surface area (Å²) in [6.45, 7) is 2.19. The zero-order valence-electron chi connectivity index (χ0n) is 13.8. The molecule has 4 heteroatoms. The highest BCUT2D eigenvalue weighted by Crippen LogP contribution is 2.35. The van der Waals surface area contributed by atoms with Gasteiger partial charge in [0, 0.05) is 12.1 Å². The normalized spacial score (nSPS) is 20.2. The van der Waals surface area contributed by atoms with E-state index in [2.05, 4.69) is 47.5 Å². The van der Waals surface area contributed by atoms with Crippen molar-refractivity contribution in [3.05, 3.63) is 69.6 Å². The summed E-state index contributed by atoms with van der Waals surface area (Å²) in [4.78, 5) is 12.3. The van der Waals surface area contributed by atoms with Crippen LogP contribution in [0.4, 0.5) is 0 Å². The predicted octanol–water partition coefficient (Wildman–Crippen LogP) is 4.08. The second kappa shape index (κ2) is 6.29. The molecule has 2 atom stereocenters. The number of rotatable bonds is 4. The van der Waals surface area contributed by atoms with E-state index in [1.807, 2.05) is 12.1 Å². The molecule has 1 aliphatic heterocycles. The fourth-order valence-corrected chi connectivity index (χ4v) is 3.60. The number of aromatic nitrogens is 2. The van der Waals surface area contributed by atoms with Crippen molar-refractivity contribution in [1.82, 2.24) is 10.2 Å². The average molecular weight is 322 g/mol. The van der Waals surface area contributed by atoms with Crippen LogP contribution in [0, 0.1) is 0 Å². The number of H-pyrrole nitrogens is 2. The van der Waals surface area contributed by atoms with Gasteiger partial charge in [0.05, 0.1) is 11.7 Å². The zero-order chi connectivity index (χ0) is 16.5. The van der Waals surface area contributed by atoms with Crippen LogP contribution >= 0.6 is 0 Å². The minimum atomic E-state index is -0.296. The number of ether oxygens (including phenoxy) is 1. The Morgan fingerprint density at radius 2 is 1.96 bits per heavy atom. The van der Waals surface area contributed by atoms with Gasteiger partial charge in [0.25, 0.3) is 5.56 Å².